The van der Waals surface area contributed by atoms with E-state index >= 15 is 0 Å². The Hall–Kier alpha value is -1.32. The van der Waals surface area contributed by atoms with E-state index in [2.05, 4.69) is 10.1 Å². The van der Waals surface area contributed by atoms with Crippen molar-refractivity contribution < 1.29 is 14.3 Å². The van der Waals surface area contributed by atoms with Crippen molar-refractivity contribution in [1.82, 2.24) is 5.32 Å². The quantitative estimate of drug-likeness (QED) is 0.285. The molecule has 0 saturated carbocycles. The van der Waals surface area contributed by atoms with Crippen LogP contribution >= 0.6 is 0 Å². The molecule has 0 aromatic heterocycles. The maximum Gasteiger partial charge on any atom is 0.343 e. The van der Waals surface area contributed by atoms with Crippen molar-refractivity contribution in [3.05, 3.63) is 11.8 Å². The van der Waals surface area contributed by atoms with Gasteiger partial charge in [-0.25, -0.2) is 4.79 Å². The number of nitrogens with one attached hydrogen (secondary N) is 1. The molecule has 0 saturated heterocycles. The summed E-state index contributed by atoms with van der Waals surface area (Å²) >= 11 is 0. The number of ether oxygens (including phenoxy) is 1. The maximum absolute atomic E-state index is 11.0. The number of carbonyl (C=O) groups is 2. The van der Waals surface area contributed by atoms with Gasteiger partial charge in [-0.05, 0) is 13.8 Å². The first-order chi connectivity index (χ1) is 5.63. The minimum Gasteiger partial charge on any atom is -0.462 e. The zero-order valence-electron chi connectivity index (χ0n) is 7.51. The summed E-state index contributed by atoms with van der Waals surface area (Å²) in [5.41, 5.74) is 0.0411. The highest BCUT2D eigenvalue weighted by Crippen LogP contribution is 1.97. The molecule has 12 heavy (non-hydrogen) atoms. The molecule has 0 bridgehead atoms. The van der Waals surface area contributed by atoms with Crippen LogP contribution in [0.4, 0.5) is 0 Å². The lowest BCUT2D eigenvalue weighted by Crippen LogP contribution is -2.16. The van der Waals surface area contributed by atoms with Gasteiger partial charge in [0.15, 0.2) is 5.78 Å². The zero-order chi connectivity index (χ0) is 9.56. The molecule has 0 aliphatic heterocycles. The van der Waals surface area contributed by atoms with Crippen molar-refractivity contribution in [3.8, 4) is 0 Å². The van der Waals surface area contributed by atoms with Gasteiger partial charge in [-0.3, -0.25) is 4.79 Å². The SMILES string of the molecule is CCOC(=O)/C(=C/NC)C(C)=O. The number of hydrogen-bond acceptors (Lipinski definition) is 4. The van der Waals surface area contributed by atoms with Crippen molar-refractivity contribution in [2.45, 2.75) is 13.8 Å². The van der Waals surface area contributed by atoms with E-state index in [1.54, 1.807) is 14.0 Å². The average Bonchev–Trinajstić information content (AvgIpc) is 1.99. The summed E-state index contributed by atoms with van der Waals surface area (Å²) in [6.45, 7) is 3.28. The van der Waals surface area contributed by atoms with Crippen LogP contribution in [-0.2, 0) is 14.3 Å². The van der Waals surface area contributed by atoms with Crippen LogP contribution in [0.2, 0.25) is 0 Å². The van der Waals surface area contributed by atoms with Crippen LogP contribution in [0.25, 0.3) is 0 Å². The number of carbonyl (C=O) groups excluding carboxylic acids is 2. The second-order valence-corrected chi connectivity index (χ2v) is 2.12. The Morgan fingerprint density at radius 3 is 2.42 bits per heavy atom. The second-order valence-electron chi connectivity index (χ2n) is 2.12. The lowest BCUT2D eigenvalue weighted by Gasteiger charge is -2.02. The number of ketones is 1. The summed E-state index contributed by atoms with van der Waals surface area (Å²) in [7, 11) is 1.61. The summed E-state index contributed by atoms with van der Waals surface area (Å²) < 4.78 is 4.65. The molecule has 0 aliphatic rings. The topological polar surface area (TPSA) is 55.4 Å². The molecule has 0 radical (unpaired) electrons. The molecule has 0 unspecified atom stereocenters. The standard InChI is InChI=1S/C8H13NO3/c1-4-12-8(11)7(5-9-3)6(2)10/h5,9H,4H2,1-3H3/b7-5+. The zero-order valence-corrected chi connectivity index (χ0v) is 7.51. The van der Waals surface area contributed by atoms with E-state index in [1.165, 1.54) is 13.1 Å². The first-order valence-electron chi connectivity index (χ1n) is 3.69. The van der Waals surface area contributed by atoms with Gasteiger partial charge in [0.25, 0.3) is 0 Å². The highest BCUT2D eigenvalue weighted by Gasteiger charge is 2.14. The highest BCUT2D eigenvalue weighted by atomic mass is 16.5. The van der Waals surface area contributed by atoms with E-state index in [-0.39, 0.29) is 18.0 Å². The van der Waals surface area contributed by atoms with Crippen LogP contribution < -0.4 is 5.32 Å². The fraction of sp³-hybridized carbons (Fsp3) is 0.500. The van der Waals surface area contributed by atoms with Gasteiger partial charge in [-0.1, -0.05) is 0 Å². The summed E-state index contributed by atoms with van der Waals surface area (Å²) in [5.74, 6) is -0.887. The Bertz CT molecular complexity index is 208. The fourth-order valence-electron chi connectivity index (χ4n) is 0.657. The van der Waals surface area contributed by atoms with Crippen LogP contribution in [0.3, 0.4) is 0 Å². The van der Waals surface area contributed by atoms with Gasteiger partial charge in [0, 0.05) is 13.2 Å². The molecule has 0 atom stereocenters. The minimum absolute atomic E-state index is 0.0411. The van der Waals surface area contributed by atoms with Crippen molar-refractivity contribution in [1.29, 1.82) is 0 Å². The third kappa shape index (κ3) is 3.18. The normalized spacial score (nSPS) is 10.8. The molecule has 0 aromatic rings. The first kappa shape index (κ1) is 10.7. The molecular formula is C8H13NO3. The van der Waals surface area contributed by atoms with Crippen molar-refractivity contribution in [2.75, 3.05) is 13.7 Å². The molecule has 0 spiro atoms. The van der Waals surface area contributed by atoms with Crippen LogP contribution in [0, 0.1) is 0 Å². The number of Topliss-reactive ketones (excluding diaryl/α,β-unsaturated/α-hetero) is 1. The Morgan fingerprint density at radius 1 is 1.50 bits per heavy atom. The Kier molecular flexibility index (Phi) is 4.76. The molecule has 0 heterocycles. The third-order valence-electron chi connectivity index (χ3n) is 1.16. The van der Waals surface area contributed by atoms with Gasteiger partial charge in [0.2, 0.25) is 0 Å². The van der Waals surface area contributed by atoms with E-state index < -0.39 is 5.97 Å². The molecular weight excluding hydrogens is 158 g/mol. The lowest BCUT2D eigenvalue weighted by atomic mass is 10.2. The molecule has 68 valence electrons. The minimum atomic E-state index is -0.584. The predicted molar refractivity (Wildman–Crippen MR) is 44.5 cm³/mol. The summed E-state index contributed by atoms with van der Waals surface area (Å²) in [4.78, 5) is 21.9. The Balaban J connectivity index is 4.41. The monoisotopic (exact) mass is 171 g/mol. The molecule has 0 rings (SSSR count). The van der Waals surface area contributed by atoms with E-state index in [9.17, 15) is 9.59 Å². The summed E-state index contributed by atoms with van der Waals surface area (Å²) in [6, 6.07) is 0. The van der Waals surface area contributed by atoms with E-state index in [1.807, 2.05) is 0 Å². The van der Waals surface area contributed by atoms with Gasteiger partial charge in [-0.2, -0.15) is 0 Å². The van der Waals surface area contributed by atoms with Gasteiger partial charge in [0.1, 0.15) is 5.57 Å². The maximum atomic E-state index is 11.0. The second kappa shape index (κ2) is 5.35. The third-order valence-corrected chi connectivity index (χ3v) is 1.16. The Morgan fingerprint density at radius 2 is 2.08 bits per heavy atom. The molecule has 4 nitrogen and oxygen atoms in total. The summed E-state index contributed by atoms with van der Waals surface area (Å²) in [5, 5.41) is 2.60. The molecule has 0 fully saturated rings. The smallest absolute Gasteiger partial charge is 0.343 e. The molecule has 4 heteroatoms. The molecule has 0 amide bonds. The van der Waals surface area contributed by atoms with E-state index in [0.29, 0.717) is 0 Å². The molecule has 0 aliphatic carbocycles. The first-order valence-corrected chi connectivity index (χ1v) is 3.69. The van der Waals surface area contributed by atoms with Crippen LogP contribution in [0.15, 0.2) is 11.8 Å². The van der Waals surface area contributed by atoms with Crippen LogP contribution in [-0.4, -0.2) is 25.4 Å². The van der Waals surface area contributed by atoms with Gasteiger partial charge >= 0.3 is 5.97 Å². The number of rotatable bonds is 4. The van der Waals surface area contributed by atoms with Crippen molar-refractivity contribution in [2.24, 2.45) is 0 Å². The molecule has 0 aromatic carbocycles. The van der Waals surface area contributed by atoms with Crippen molar-refractivity contribution >= 4 is 11.8 Å². The van der Waals surface area contributed by atoms with E-state index in [0.717, 1.165) is 0 Å². The Labute approximate surface area is 71.6 Å². The van der Waals surface area contributed by atoms with Gasteiger partial charge in [0.05, 0.1) is 6.61 Å². The molecule has 1 N–H and O–H groups in total. The van der Waals surface area contributed by atoms with Gasteiger partial charge in [-0.15, -0.1) is 0 Å². The summed E-state index contributed by atoms with van der Waals surface area (Å²) in [6.07, 6.45) is 1.33. The van der Waals surface area contributed by atoms with Crippen LogP contribution in [0.5, 0.6) is 0 Å². The largest absolute Gasteiger partial charge is 0.462 e. The average molecular weight is 171 g/mol. The van der Waals surface area contributed by atoms with E-state index in [4.69, 9.17) is 0 Å². The lowest BCUT2D eigenvalue weighted by molar-refractivity contribution is -0.139. The van der Waals surface area contributed by atoms with Crippen molar-refractivity contribution in [3.63, 3.8) is 0 Å². The predicted octanol–water partition coefficient (Wildman–Crippen LogP) is 0.242. The fourth-order valence-corrected chi connectivity index (χ4v) is 0.657. The highest BCUT2D eigenvalue weighted by molar-refractivity contribution is 6.16. The number of esters is 1. The van der Waals surface area contributed by atoms with Crippen LogP contribution in [0.1, 0.15) is 13.8 Å². The number of hydrogen-bond donors (Lipinski definition) is 1. The van der Waals surface area contributed by atoms with Gasteiger partial charge < -0.3 is 10.1 Å².